The van der Waals surface area contributed by atoms with Gasteiger partial charge < -0.3 is 4.98 Å². The number of aromatic amines is 1. The molecular formula is C20H16N2OS2. The van der Waals surface area contributed by atoms with Gasteiger partial charge in [0, 0.05) is 5.69 Å². The summed E-state index contributed by atoms with van der Waals surface area (Å²) < 4.78 is 0. The predicted octanol–water partition coefficient (Wildman–Crippen LogP) is 5.72. The molecule has 1 aliphatic rings. The van der Waals surface area contributed by atoms with E-state index in [1.54, 1.807) is 11.3 Å². The largest absolute Gasteiger partial charge is 0.354 e. The Morgan fingerprint density at radius 1 is 1.16 bits per heavy atom. The molecule has 1 aliphatic heterocycles. The van der Waals surface area contributed by atoms with Crippen LogP contribution in [0.5, 0.6) is 0 Å². The molecule has 4 heterocycles. The average molecular weight is 364 g/mol. The highest BCUT2D eigenvalue weighted by molar-refractivity contribution is 7.15. The second-order valence-corrected chi connectivity index (χ2v) is 8.00. The maximum absolute atomic E-state index is 10.9. The standard InChI is InChI=1S/C20H16N2OS2/c1-12-8-14(21-19(12)17-4-3-7-24-17)10-15-9-13(2)20(22-15)18-6-5-16(11-23)25-18/h3-11,21H,1-2H3/b15-10+. The number of carbonyl (C=O) groups excluding carboxylic acids is 1. The quantitative estimate of drug-likeness (QED) is 0.592. The minimum atomic E-state index is 0.725. The fourth-order valence-corrected chi connectivity index (χ4v) is 4.57. The molecule has 5 heteroatoms. The van der Waals surface area contributed by atoms with E-state index in [9.17, 15) is 4.79 Å². The van der Waals surface area contributed by atoms with Crippen molar-refractivity contribution in [1.29, 1.82) is 0 Å². The molecule has 0 unspecified atom stereocenters. The summed E-state index contributed by atoms with van der Waals surface area (Å²) in [7, 11) is 0. The molecule has 3 aromatic rings. The maximum Gasteiger partial charge on any atom is 0.160 e. The second-order valence-electron chi connectivity index (χ2n) is 5.94. The minimum absolute atomic E-state index is 0.725. The molecular weight excluding hydrogens is 348 g/mol. The van der Waals surface area contributed by atoms with Crippen LogP contribution < -0.4 is 0 Å². The number of nitrogens with one attached hydrogen (secondary N) is 1. The minimum Gasteiger partial charge on any atom is -0.354 e. The zero-order valence-corrected chi connectivity index (χ0v) is 15.5. The first kappa shape index (κ1) is 16.0. The molecule has 0 spiro atoms. The Morgan fingerprint density at radius 3 is 2.76 bits per heavy atom. The van der Waals surface area contributed by atoms with Crippen LogP contribution in [-0.4, -0.2) is 17.0 Å². The van der Waals surface area contributed by atoms with E-state index < -0.39 is 0 Å². The molecule has 3 nitrogen and oxygen atoms in total. The molecule has 4 rings (SSSR count). The third-order valence-electron chi connectivity index (χ3n) is 4.06. The van der Waals surface area contributed by atoms with Gasteiger partial charge in [-0.1, -0.05) is 6.07 Å². The number of hydrogen-bond acceptors (Lipinski definition) is 4. The van der Waals surface area contributed by atoms with Crippen molar-refractivity contribution in [1.82, 2.24) is 4.98 Å². The van der Waals surface area contributed by atoms with Gasteiger partial charge in [0.25, 0.3) is 0 Å². The fourth-order valence-electron chi connectivity index (χ4n) is 2.90. The first-order chi connectivity index (χ1) is 12.1. The van der Waals surface area contributed by atoms with Crippen LogP contribution in [0.4, 0.5) is 0 Å². The Labute approximate surface area is 154 Å². The topological polar surface area (TPSA) is 45.2 Å². The Kier molecular flexibility index (Phi) is 4.11. The van der Waals surface area contributed by atoms with E-state index in [0.717, 1.165) is 38.7 Å². The van der Waals surface area contributed by atoms with Crippen LogP contribution in [0, 0.1) is 6.92 Å². The molecule has 1 N–H and O–H groups in total. The number of nitrogens with zero attached hydrogens (tertiary/aromatic N) is 1. The molecule has 0 atom stereocenters. The molecule has 0 bridgehead atoms. The van der Waals surface area contributed by atoms with Gasteiger partial charge in [0.1, 0.15) is 0 Å². The van der Waals surface area contributed by atoms with E-state index in [1.807, 2.05) is 12.1 Å². The number of aromatic nitrogens is 1. The van der Waals surface area contributed by atoms with Crippen LogP contribution in [0.1, 0.15) is 32.7 Å². The highest BCUT2D eigenvalue weighted by Crippen LogP contribution is 2.30. The van der Waals surface area contributed by atoms with E-state index in [0.29, 0.717) is 0 Å². The zero-order chi connectivity index (χ0) is 17.4. The third kappa shape index (κ3) is 3.08. The van der Waals surface area contributed by atoms with Crippen LogP contribution in [0.2, 0.25) is 0 Å². The summed E-state index contributed by atoms with van der Waals surface area (Å²) in [6.07, 6.45) is 5.03. The van der Waals surface area contributed by atoms with Gasteiger partial charge in [-0.25, -0.2) is 4.99 Å². The van der Waals surface area contributed by atoms with Gasteiger partial charge in [-0.3, -0.25) is 4.79 Å². The van der Waals surface area contributed by atoms with Crippen molar-refractivity contribution in [3.8, 4) is 10.6 Å². The lowest BCUT2D eigenvalue weighted by atomic mass is 10.1. The summed E-state index contributed by atoms with van der Waals surface area (Å²) in [5.74, 6) is 0. The van der Waals surface area contributed by atoms with Crippen LogP contribution in [0.25, 0.3) is 16.6 Å². The first-order valence-electron chi connectivity index (χ1n) is 7.92. The van der Waals surface area contributed by atoms with Crippen molar-refractivity contribution in [3.05, 3.63) is 74.1 Å². The number of H-pyrrole nitrogens is 1. The van der Waals surface area contributed by atoms with Gasteiger partial charge in [0.05, 0.1) is 31.7 Å². The van der Waals surface area contributed by atoms with E-state index in [1.165, 1.54) is 27.5 Å². The first-order valence-corrected chi connectivity index (χ1v) is 9.61. The van der Waals surface area contributed by atoms with Crippen LogP contribution in [0.3, 0.4) is 0 Å². The molecule has 0 amide bonds. The van der Waals surface area contributed by atoms with Gasteiger partial charge >= 0.3 is 0 Å². The smallest absolute Gasteiger partial charge is 0.160 e. The zero-order valence-electron chi connectivity index (χ0n) is 13.9. The average Bonchev–Trinajstić information content (AvgIpc) is 3.35. The van der Waals surface area contributed by atoms with E-state index in [2.05, 4.69) is 54.6 Å². The summed E-state index contributed by atoms with van der Waals surface area (Å²) in [6.45, 7) is 4.17. The third-order valence-corrected chi connectivity index (χ3v) is 5.97. The van der Waals surface area contributed by atoms with Crippen molar-refractivity contribution >= 4 is 40.7 Å². The van der Waals surface area contributed by atoms with Crippen molar-refractivity contribution in [2.45, 2.75) is 13.8 Å². The van der Waals surface area contributed by atoms with Crippen molar-refractivity contribution in [3.63, 3.8) is 0 Å². The Hall–Kier alpha value is -2.50. The molecule has 0 saturated carbocycles. The van der Waals surface area contributed by atoms with Gasteiger partial charge in [0.2, 0.25) is 0 Å². The molecule has 0 fully saturated rings. The number of rotatable bonds is 4. The summed E-state index contributed by atoms with van der Waals surface area (Å²) in [4.78, 5) is 22.1. The maximum atomic E-state index is 10.9. The van der Waals surface area contributed by atoms with E-state index in [4.69, 9.17) is 4.99 Å². The van der Waals surface area contributed by atoms with Crippen molar-refractivity contribution in [2.24, 2.45) is 4.99 Å². The molecule has 0 aliphatic carbocycles. The SMILES string of the molecule is CC1=C/C(=C\c2cc(C)c(-c3cccs3)[nH]2)N=C1c1ccc(C=O)s1. The Bertz CT molecular complexity index is 1030. The number of hydrogen-bond donors (Lipinski definition) is 1. The van der Waals surface area contributed by atoms with E-state index in [-0.39, 0.29) is 0 Å². The predicted molar refractivity (Wildman–Crippen MR) is 107 cm³/mol. The molecule has 25 heavy (non-hydrogen) atoms. The summed E-state index contributed by atoms with van der Waals surface area (Å²) in [5.41, 5.74) is 6.43. The lowest BCUT2D eigenvalue weighted by molar-refractivity contribution is 0.112. The lowest BCUT2D eigenvalue weighted by Gasteiger charge is -1.96. The Morgan fingerprint density at radius 2 is 2.04 bits per heavy atom. The number of allylic oxidation sites excluding steroid dienone is 2. The summed E-state index contributed by atoms with van der Waals surface area (Å²) in [5, 5.41) is 2.09. The van der Waals surface area contributed by atoms with E-state index >= 15 is 0 Å². The summed E-state index contributed by atoms with van der Waals surface area (Å²) in [6, 6.07) is 10.1. The van der Waals surface area contributed by atoms with Gasteiger partial charge in [-0.05, 0) is 66.8 Å². The van der Waals surface area contributed by atoms with Crippen molar-refractivity contribution < 1.29 is 4.79 Å². The molecule has 0 radical (unpaired) electrons. The highest BCUT2D eigenvalue weighted by atomic mass is 32.1. The number of aldehydes is 1. The van der Waals surface area contributed by atoms with Gasteiger partial charge in [0.15, 0.2) is 6.29 Å². The molecule has 124 valence electrons. The summed E-state index contributed by atoms with van der Waals surface area (Å²) >= 11 is 3.20. The number of carbonyl (C=O) groups is 1. The molecule has 3 aromatic heterocycles. The normalized spacial score (nSPS) is 15.5. The highest BCUT2D eigenvalue weighted by Gasteiger charge is 2.16. The number of thiophene rings is 2. The van der Waals surface area contributed by atoms with Gasteiger partial charge in [-0.15, -0.1) is 22.7 Å². The number of aliphatic imine (C=N–C) groups is 1. The monoisotopic (exact) mass is 364 g/mol. The number of aryl methyl sites for hydroxylation is 1. The lowest BCUT2D eigenvalue weighted by Crippen LogP contribution is -1.94. The second kappa shape index (κ2) is 6.43. The van der Waals surface area contributed by atoms with Crippen LogP contribution in [-0.2, 0) is 0 Å². The van der Waals surface area contributed by atoms with Crippen LogP contribution >= 0.6 is 22.7 Å². The van der Waals surface area contributed by atoms with Crippen molar-refractivity contribution in [2.75, 3.05) is 0 Å². The fraction of sp³-hybridized carbons (Fsp3) is 0.100. The molecule has 0 saturated heterocycles. The van der Waals surface area contributed by atoms with Gasteiger partial charge in [-0.2, -0.15) is 0 Å². The molecule has 0 aromatic carbocycles. The van der Waals surface area contributed by atoms with Crippen LogP contribution in [0.15, 0.2) is 58.1 Å². The Balaban J connectivity index is 1.66.